The van der Waals surface area contributed by atoms with Crippen LogP contribution in [0.4, 0.5) is 18.9 Å². The molecule has 0 saturated heterocycles. The highest BCUT2D eigenvalue weighted by Gasteiger charge is 2.38. The molecule has 0 bridgehead atoms. The van der Waals surface area contributed by atoms with Gasteiger partial charge >= 0.3 is 6.18 Å². The third-order valence-electron chi connectivity index (χ3n) is 2.84. The molecular formula is C13H11F3N2O2S. The average molecular weight is 316 g/mol. The van der Waals surface area contributed by atoms with Crippen LogP contribution in [0.3, 0.4) is 0 Å². The van der Waals surface area contributed by atoms with Crippen molar-refractivity contribution >= 4 is 15.7 Å². The number of rotatable bonds is 3. The lowest BCUT2D eigenvalue weighted by Gasteiger charge is -2.21. The van der Waals surface area contributed by atoms with Gasteiger partial charge in [-0.15, -0.1) is 0 Å². The molecule has 1 aromatic heterocycles. The largest absolute Gasteiger partial charge is 0.417 e. The number of hydrogen-bond acceptors (Lipinski definition) is 3. The van der Waals surface area contributed by atoms with E-state index >= 15 is 0 Å². The SMILES string of the molecule is CN(c1cccnc1)S(=O)(=O)c1ccccc1C(F)(F)F. The Bertz CT molecular complexity index is 731. The molecule has 0 N–H and O–H groups in total. The molecule has 8 heteroatoms. The van der Waals surface area contributed by atoms with Gasteiger partial charge < -0.3 is 0 Å². The lowest BCUT2D eigenvalue weighted by Crippen LogP contribution is -2.28. The van der Waals surface area contributed by atoms with Crippen LogP contribution in [0.25, 0.3) is 0 Å². The third kappa shape index (κ3) is 2.99. The summed E-state index contributed by atoms with van der Waals surface area (Å²) in [5.41, 5.74) is -1.02. The van der Waals surface area contributed by atoms with Gasteiger partial charge in [-0.3, -0.25) is 9.29 Å². The smallest absolute Gasteiger partial charge is 0.268 e. The van der Waals surface area contributed by atoms with Crippen molar-refractivity contribution in [2.75, 3.05) is 11.4 Å². The van der Waals surface area contributed by atoms with Crippen molar-refractivity contribution in [3.63, 3.8) is 0 Å². The van der Waals surface area contributed by atoms with Gasteiger partial charge in [0.05, 0.1) is 22.3 Å². The molecule has 4 nitrogen and oxygen atoms in total. The van der Waals surface area contributed by atoms with Crippen LogP contribution in [-0.2, 0) is 16.2 Å². The lowest BCUT2D eigenvalue weighted by molar-refractivity contribution is -0.139. The highest BCUT2D eigenvalue weighted by atomic mass is 32.2. The zero-order valence-corrected chi connectivity index (χ0v) is 11.7. The second kappa shape index (κ2) is 5.36. The Morgan fingerprint density at radius 1 is 1.10 bits per heavy atom. The van der Waals surface area contributed by atoms with Gasteiger partial charge in [-0.25, -0.2) is 8.42 Å². The Labute approximate surface area is 119 Å². The fraction of sp³-hybridized carbons (Fsp3) is 0.154. The van der Waals surface area contributed by atoms with E-state index < -0.39 is 26.7 Å². The molecule has 0 spiro atoms. The van der Waals surface area contributed by atoms with E-state index in [1.165, 1.54) is 37.6 Å². The van der Waals surface area contributed by atoms with Crippen LogP contribution in [0.15, 0.2) is 53.7 Å². The van der Waals surface area contributed by atoms with Crippen LogP contribution in [0.5, 0.6) is 0 Å². The maximum absolute atomic E-state index is 12.9. The van der Waals surface area contributed by atoms with E-state index in [2.05, 4.69) is 4.98 Å². The van der Waals surface area contributed by atoms with Crippen molar-refractivity contribution in [2.24, 2.45) is 0 Å². The number of aromatic nitrogens is 1. The van der Waals surface area contributed by atoms with Gasteiger partial charge in [-0.1, -0.05) is 12.1 Å². The minimum absolute atomic E-state index is 0.175. The number of sulfonamides is 1. The molecule has 0 unspecified atom stereocenters. The molecular weight excluding hydrogens is 305 g/mol. The van der Waals surface area contributed by atoms with Crippen molar-refractivity contribution in [2.45, 2.75) is 11.1 Å². The van der Waals surface area contributed by atoms with Gasteiger partial charge in [-0.2, -0.15) is 13.2 Å². The quantitative estimate of drug-likeness (QED) is 0.875. The van der Waals surface area contributed by atoms with E-state index in [-0.39, 0.29) is 5.69 Å². The van der Waals surface area contributed by atoms with Crippen LogP contribution >= 0.6 is 0 Å². The molecule has 0 aliphatic carbocycles. The van der Waals surface area contributed by atoms with Gasteiger partial charge in [0, 0.05) is 13.2 Å². The van der Waals surface area contributed by atoms with Crippen molar-refractivity contribution in [3.05, 3.63) is 54.4 Å². The third-order valence-corrected chi connectivity index (χ3v) is 4.68. The number of halogens is 3. The standard InChI is InChI=1S/C13H11F3N2O2S/c1-18(10-5-4-8-17-9-10)21(19,20)12-7-3-2-6-11(12)13(14,15)16/h2-9H,1H3. The number of benzene rings is 1. The highest BCUT2D eigenvalue weighted by Crippen LogP contribution is 2.35. The second-order valence-corrected chi connectivity index (χ2v) is 6.12. The molecule has 0 amide bonds. The summed E-state index contributed by atoms with van der Waals surface area (Å²) >= 11 is 0. The van der Waals surface area contributed by atoms with E-state index in [9.17, 15) is 21.6 Å². The average Bonchev–Trinajstić information content (AvgIpc) is 2.46. The molecule has 2 rings (SSSR count). The summed E-state index contributed by atoms with van der Waals surface area (Å²) in [5.74, 6) is 0. The molecule has 2 aromatic rings. The van der Waals surface area contributed by atoms with E-state index in [0.717, 1.165) is 22.5 Å². The molecule has 0 atom stereocenters. The van der Waals surface area contributed by atoms with Gasteiger partial charge in [0.1, 0.15) is 0 Å². The van der Waals surface area contributed by atoms with Crippen LogP contribution < -0.4 is 4.31 Å². The maximum Gasteiger partial charge on any atom is 0.417 e. The molecule has 112 valence electrons. The Balaban J connectivity index is 2.56. The molecule has 1 heterocycles. The van der Waals surface area contributed by atoms with Crippen LogP contribution in [0.1, 0.15) is 5.56 Å². The zero-order chi connectivity index (χ0) is 15.7. The number of alkyl halides is 3. The normalized spacial score (nSPS) is 12.2. The summed E-state index contributed by atoms with van der Waals surface area (Å²) in [6, 6.07) is 7.01. The lowest BCUT2D eigenvalue weighted by atomic mass is 10.2. The first-order chi connectivity index (χ1) is 9.74. The fourth-order valence-electron chi connectivity index (χ4n) is 1.75. The second-order valence-electron chi connectivity index (χ2n) is 4.18. The Morgan fingerprint density at radius 3 is 2.33 bits per heavy atom. The monoisotopic (exact) mass is 316 g/mol. The minimum Gasteiger partial charge on any atom is -0.268 e. The Hall–Kier alpha value is -2.09. The summed E-state index contributed by atoms with van der Waals surface area (Å²) in [6.07, 6.45) is -2.05. The summed E-state index contributed by atoms with van der Waals surface area (Å²) in [5, 5.41) is 0. The van der Waals surface area contributed by atoms with Crippen molar-refractivity contribution in [1.29, 1.82) is 0 Å². The van der Waals surface area contributed by atoms with Crippen LogP contribution in [0, 0.1) is 0 Å². The van der Waals surface area contributed by atoms with E-state index in [1.807, 2.05) is 0 Å². The number of hydrogen-bond donors (Lipinski definition) is 0. The molecule has 0 aliphatic rings. The van der Waals surface area contributed by atoms with Crippen molar-refractivity contribution in [3.8, 4) is 0 Å². The molecule has 0 radical (unpaired) electrons. The minimum atomic E-state index is -4.75. The predicted octanol–water partition coefficient (Wildman–Crippen LogP) is 2.93. The molecule has 0 saturated carbocycles. The fourth-order valence-corrected chi connectivity index (χ4v) is 3.14. The zero-order valence-electron chi connectivity index (χ0n) is 10.9. The van der Waals surface area contributed by atoms with Gasteiger partial charge in [0.2, 0.25) is 0 Å². The van der Waals surface area contributed by atoms with E-state index in [1.54, 1.807) is 0 Å². The van der Waals surface area contributed by atoms with Crippen molar-refractivity contribution < 1.29 is 21.6 Å². The van der Waals surface area contributed by atoms with Gasteiger partial charge in [0.25, 0.3) is 10.0 Å². The summed E-state index contributed by atoms with van der Waals surface area (Å²) in [4.78, 5) is 2.97. The predicted molar refractivity (Wildman–Crippen MR) is 71.3 cm³/mol. The maximum atomic E-state index is 12.9. The van der Waals surface area contributed by atoms with E-state index in [4.69, 9.17) is 0 Å². The Morgan fingerprint density at radius 2 is 1.76 bits per heavy atom. The first-order valence-electron chi connectivity index (χ1n) is 5.80. The summed E-state index contributed by atoms with van der Waals surface area (Å²) < 4.78 is 64.4. The first-order valence-corrected chi connectivity index (χ1v) is 7.24. The van der Waals surface area contributed by atoms with Crippen LogP contribution in [-0.4, -0.2) is 20.4 Å². The molecule has 0 aliphatic heterocycles. The number of nitrogens with zero attached hydrogens (tertiary/aromatic N) is 2. The summed E-state index contributed by atoms with van der Waals surface area (Å²) in [7, 11) is -3.15. The number of anilines is 1. The van der Waals surface area contributed by atoms with E-state index in [0.29, 0.717) is 0 Å². The highest BCUT2D eigenvalue weighted by molar-refractivity contribution is 7.92. The topological polar surface area (TPSA) is 50.3 Å². The number of pyridine rings is 1. The Kier molecular flexibility index (Phi) is 3.91. The molecule has 21 heavy (non-hydrogen) atoms. The van der Waals surface area contributed by atoms with Crippen LogP contribution in [0.2, 0.25) is 0 Å². The summed E-state index contributed by atoms with van der Waals surface area (Å²) in [6.45, 7) is 0. The first kappa shape index (κ1) is 15.3. The van der Waals surface area contributed by atoms with Gasteiger partial charge in [-0.05, 0) is 24.3 Å². The van der Waals surface area contributed by atoms with Gasteiger partial charge in [0.15, 0.2) is 0 Å². The molecule has 0 fully saturated rings. The molecule has 1 aromatic carbocycles. The van der Waals surface area contributed by atoms with Crippen molar-refractivity contribution in [1.82, 2.24) is 4.98 Å².